The van der Waals surface area contributed by atoms with E-state index in [9.17, 15) is 8.78 Å². The number of benzene rings is 1. The maximum atomic E-state index is 13.5. The normalized spacial score (nSPS) is 24.8. The van der Waals surface area contributed by atoms with Crippen molar-refractivity contribution in [3.05, 3.63) is 29.3 Å². The quantitative estimate of drug-likeness (QED) is 0.743. The molecule has 3 heteroatoms. The molecular formula is C13H16F2O. The maximum absolute atomic E-state index is 13.5. The first kappa shape index (κ1) is 11.4. The van der Waals surface area contributed by atoms with Gasteiger partial charge in [-0.25, -0.2) is 4.39 Å². The summed E-state index contributed by atoms with van der Waals surface area (Å²) >= 11 is 0. The predicted molar refractivity (Wildman–Crippen MR) is 58.7 cm³/mol. The molecule has 1 aromatic carbocycles. The number of ether oxygens (including phenoxy) is 1. The van der Waals surface area contributed by atoms with Gasteiger partial charge in [-0.3, -0.25) is 0 Å². The molecule has 1 aromatic rings. The Bertz CT molecular complexity index is 390. The van der Waals surface area contributed by atoms with Crippen molar-refractivity contribution in [3.8, 4) is 5.75 Å². The van der Waals surface area contributed by atoms with Crippen molar-refractivity contribution in [1.29, 1.82) is 0 Å². The van der Waals surface area contributed by atoms with Gasteiger partial charge in [-0.2, -0.15) is 4.39 Å². The summed E-state index contributed by atoms with van der Waals surface area (Å²) in [6.45, 7) is 2.15. The van der Waals surface area contributed by atoms with Crippen LogP contribution < -0.4 is 4.74 Å². The fourth-order valence-corrected chi connectivity index (χ4v) is 2.65. The van der Waals surface area contributed by atoms with Gasteiger partial charge in [0.2, 0.25) is 5.82 Å². The molecule has 0 saturated heterocycles. The minimum absolute atomic E-state index is 0.0822. The van der Waals surface area contributed by atoms with Gasteiger partial charge >= 0.3 is 0 Å². The van der Waals surface area contributed by atoms with Crippen molar-refractivity contribution in [2.24, 2.45) is 5.92 Å². The van der Waals surface area contributed by atoms with E-state index in [1.54, 1.807) is 6.07 Å². The van der Waals surface area contributed by atoms with E-state index in [0.29, 0.717) is 11.8 Å². The third-order valence-corrected chi connectivity index (χ3v) is 3.55. The number of hydrogen-bond acceptors (Lipinski definition) is 1. The summed E-state index contributed by atoms with van der Waals surface area (Å²) in [5.41, 5.74) is 0.811. The smallest absolute Gasteiger partial charge is 0.200 e. The Morgan fingerprint density at radius 3 is 2.56 bits per heavy atom. The summed E-state index contributed by atoms with van der Waals surface area (Å²) in [6.07, 6.45) is 3.32. The van der Waals surface area contributed by atoms with Crippen LogP contribution in [0.3, 0.4) is 0 Å². The highest BCUT2D eigenvalue weighted by molar-refractivity contribution is 5.39. The van der Waals surface area contributed by atoms with Crippen LogP contribution in [0.4, 0.5) is 8.78 Å². The summed E-state index contributed by atoms with van der Waals surface area (Å²) in [7, 11) is 1.39. The molecule has 1 fully saturated rings. The van der Waals surface area contributed by atoms with Crippen molar-refractivity contribution in [3.63, 3.8) is 0 Å². The number of methoxy groups -OCH3 is 1. The van der Waals surface area contributed by atoms with Crippen LogP contribution in [0.2, 0.25) is 0 Å². The minimum Gasteiger partial charge on any atom is -0.493 e. The van der Waals surface area contributed by atoms with E-state index in [4.69, 9.17) is 4.74 Å². The molecule has 16 heavy (non-hydrogen) atoms. The topological polar surface area (TPSA) is 9.23 Å². The Morgan fingerprint density at radius 1 is 1.25 bits per heavy atom. The van der Waals surface area contributed by atoms with E-state index >= 15 is 0 Å². The molecule has 0 aliphatic heterocycles. The SMILES string of the molecule is COc1c(C2CCCC2C)ccc(F)c1F. The molecule has 2 rings (SSSR count). The average molecular weight is 226 g/mol. The second-order valence-electron chi connectivity index (χ2n) is 4.50. The molecule has 0 radical (unpaired) electrons. The van der Waals surface area contributed by atoms with Crippen molar-refractivity contribution < 1.29 is 13.5 Å². The first-order valence-electron chi connectivity index (χ1n) is 5.67. The molecular weight excluding hydrogens is 210 g/mol. The molecule has 0 heterocycles. The third-order valence-electron chi connectivity index (χ3n) is 3.55. The molecule has 1 aliphatic carbocycles. The van der Waals surface area contributed by atoms with Crippen LogP contribution >= 0.6 is 0 Å². The van der Waals surface area contributed by atoms with Crippen molar-refractivity contribution in [1.82, 2.24) is 0 Å². The number of rotatable bonds is 2. The minimum atomic E-state index is -0.862. The van der Waals surface area contributed by atoms with E-state index < -0.39 is 11.6 Å². The van der Waals surface area contributed by atoms with Crippen molar-refractivity contribution >= 4 is 0 Å². The lowest BCUT2D eigenvalue weighted by atomic mass is 9.89. The zero-order chi connectivity index (χ0) is 11.7. The summed E-state index contributed by atoms with van der Waals surface area (Å²) in [5, 5.41) is 0. The molecule has 2 unspecified atom stereocenters. The maximum Gasteiger partial charge on any atom is 0.200 e. The van der Waals surface area contributed by atoms with Crippen LogP contribution in [0, 0.1) is 17.6 Å². The second-order valence-corrected chi connectivity index (χ2v) is 4.50. The summed E-state index contributed by atoms with van der Waals surface area (Å²) in [5.74, 6) is -0.812. The second kappa shape index (κ2) is 4.40. The Morgan fingerprint density at radius 2 is 2.00 bits per heavy atom. The first-order chi connectivity index (χ1) is 7.65. The zero-order valence-corrected chi connectivity index (χ0v) is 9.59. The first-order valence-corrected chi connectivity index (χ1v) is 5.67. The Labute approximate surface area is 94.4 Å². The molecule has 1 saturated carbocycles. The Hall–Kier alpha value is -1.12. The van der Waals surface area contributed by atoms with Crippen molar-refractivity contribution in [2.45, 2.75) is 32.1 Å². The molecule has 0 amide bonds. The van der Waals surface area contributed by atoms with Crippen LogP contribution in [-0.2, 0) is 0 Å². The highest BCUT2D eigenvalue weighted by Gasteiger charge is 2.29. The van der Waals surface area contributed by atoms with E-state index in [0.717, 1.165) is 24.8 Å². The fourth-order valence-electron chi connectivity index (χ4n) is 2.65. The Kier molecular flexibility index (Phi) is 3.13. The number of halogens is 2. The third kappa shape index (κ3) is 1.79. The van der Waals surface area contributed by atoms with Gasteiger partial charge in [0.1, 0.15) is 0 Å². The highest BCUT2D eigenvalue weighted by atomic mass is 19.2. The molecule has 1 aliphatic rings. The zero-order valence-electron chi connectivity index (χ0n) is 9.59. The van der Waals surface area contributed by atoms with Crippen LogP contribution in [0.15, 0.2) is 12.1 Å². The lowest BCUT2D eigenvalue weighted by molar-refractivity contribution is 0.359. The van der Waals surface area contributed by atoms with E-state index in [1.165, 1.54) is 13.2 Å². The standard InChI is InChI=1S/C13H16F2O/c1-8-4-3-5-9(8)10-6-7-11(14)12(15)13(10)16-2/h6-9H,3-5H2,1-2H3. The fraction of sp³-hybridized carbons (Fsp3) is 0.538. The van der Waals surface area contributed by atoms with Gasteiger partial charge in [0, 0.05) is 5.56 Å². The summed E-state index contributed by atoms with van der Waals surface area (Å²) < 4.78 is 31.6. The lowest BCUT2D eigenvalue weighted by Gasteiger charge is -2.19. The molecule has 0 N–H and O–H groups in total. The molecule has 0 bridgehead atoms. The van der Waals surface area contributed by atoms with Crippen LogP contribution in [0.5, 0.6) is 5.75 Å². The molecule has 1 nitrogen and oxygen atoms in total. The molecule has 0 aromatic heterocycles. The monoisotopic (exact) mass is 226 g/mol. The van der Waals surface area contributed by atoms with Crippen molar-refractivity contribution in [2.75, 3.05) is 7.11 Å². The van der Waals surface area contributed by atoms with Gasteiger partial charge in [-0.05, 0) is 24.3 Å². The number of hydrogen-bond donors (Lipinski definition) is 0. The van der Waals surface area contributed by atoms with Gasteiger partial charge in [0.15, 0.2) is 11.6 Å². The largest absolute Gasteiger partial charge is 0.493 e. The molecule has 0 spiro atoms. The van der Waals surface area contributed by atoms with Gasteiger partial charge in [-0.1, -0.05) is 25.8 Å². The van der Waals surface area contributed by atoms with Gasteiger partial charge in [-0.15, -0.1) is 0 Å². The molecule has 2 atom stereocenters. The Balaban J connectivity index is 2.44. The van der Waals surface area contributed by atoms with E-state index in [-0.39, 0.29) is 5.75 Å². The van der Waals surface area contributed by atoms with E-state index in [1.807, 2.05) is 0 Å². The van der Waals surface area contributed by atoms with Gasteiger partial charge < -0.3 is 4.74 Å². The van der Waals surface area contributed by atoms with Gasteiger partial charge in [0.25, 0.3) is 0 Å². The van der Waals surface area contributed by atoms with E-state index in [2.05, 4.69) is 6.92 Å². The summed E-state index contributed by atoms with van der Waals surface area (Å²) in [6, 6.07) is 2.85. The predicted octanol–water partition coefficient (Wildman–Crippen LogP) is 3.88. The van der Waals surface area contributed by atoms with Crippen LogP contribution in [0.25, 0.3) is 0 Å². The summed E-state index contributed by atoms with van der Waals surface area (Å²) in [4.78, 5) is 0. The van der Waals surface area contributed by atoms with Crippen LogP contribution in [-0.4, -0.2) is 7.11 Å². The highest BCUT2D eigenvalue weighted by Crippen LogP contribution is 2.43. The van der Waals surface area contributed by atoms with Crippen LogP contribution in [0.1, 0.15) is 37.7 Å². The average Bonchev–Trinajstić information content (AvgIpc) is 2.68. The lowest BCUT2D eigenvalue weighted by Crippen LogP contribution is -2.06. The molecule has 88 valence electrons. The van der Waals surface area contributed by atoms with Gasteiger partial charge in [0.05, 0.1) is 7.11 Å².